The van der Waals surface area contributed by atoms with Gasteiger partial charge < -0.3 is 24.9 Å². The van der Waals surface area contributed by atoms with Gasteiger partial charge in [-0.25, -0.2) is 0 Å². The van der Waals surface area contributed by atoms with Gasteiger partial charge in [-0.3, -0.25) is 9.59 Å². The lowest BCUT2D eigenvalue weighted by Crippen LogP contribution is -2.37. The predicted octanol–water partition coefficient (Wildman–Crippen LogP) is 1.73. The number of aliphatic hydroxyl groups excluding tert-OH is 1. The first-order valence-corrected chi connectivity index (χ1v) is 7.02. The molecule has 1 atom stereocenters. The summed E-state index contributed by atoms with van der Waals surface area (Å²) < 4.78 is 9.82. The number of ether oxygens (including phenoxy) is 1. The van der Waals surface area contributed by atoms with E-state index in [4.69, 9.17) is 20.8 Å². The maximum atomic E-state index is 11.8. The molecular weight excluding hydrogens is 324 g/mol. The number of methoxy groups -OCH3 is 1. The van der Waals surface area contributed by atoms with Gasteiger partial charge in [0, 0.05) is 17.8 Å². The fraction of sp³-hybridized carbons (Fsp3) is 0.200. The maximum Gasteiger partial charge on any atom is 0.313 e. The van der Waals surface area contributed by atoms with Gasteiger partial charge in [0.25, 0.3) is 0 Å². The number of anilines is 1. The molecule has 23 heavy (non-hydrogen) atoms. The second-order valence-corrected chi connectivity index (χ2v) is 4.99. The van der Waals surface area contributed by atoms with Crippen LogP contribution in [0.5, 0.6) is 5.75 Å². The zero-order valence-electron chi connectivity index (χ0n) is 12.2. The Morgan fingerprint density at radius 3 is 2.74 bits per heavy atom. The SMILES string of the molecule is COc1ccc(NC(=O)C(=O)NC[C@H](O)c2ccoc2)cc1Cl. The summed E-state index contributed by atoms with van der Waals surface area (Å²) in [5.41, 5.74) is 0.860. The Hall–Kier alpha value is -2.51. The highest BCUT2D eigenvalue weighted by Crippen LogP contribution is 2.27. The summed E-state index contributed by atoms with van der Waals surface area (Å²) in [6, 6.07) is 6.15. The van der Waals surface area contributed by atoms with E-state index in [-0.39, 0.29) is 6.54 Å². The highest BCUT2D eigenvalue weighted by molar-refractivity contribution is 6.40. The summed E-state index contributed by atoms with van der Waals surface area (Å²) in [7, 11) is 1.47. The van der Waals surface area contributed by atoms with E-state index in [9.17, 15) is 14.7 Å². The van der Waals surface area contributed by atoms with E-state index >= 15 is 0 Å². The smallest absolute Gasteiger partial charge is 0.313 e. The molecule has 1 aromatic carbocycles. The summed E-state index contributed by atoms with van der Waals surface area (Å²) >= 11 is 5.93. The summed E-state index contributed by atoms with van der Waals surface area (Å²) in [5.74, 6) is -1.29. The molecule has 2 aromatic rings. The van der Waals surface area contributed by atoms with E-state index < -0.39 is 17.9 Å². The molecule has 2 rings (SSSR count). The lowest BCUT2D eigenvalue weighted by Gasteiger charge is -2.11. The zero-order valence-corrected chi connectivity index (χ0v) is 13.0. The highest BCUT2D eigenvalue weighted by atomic mass is 35.5. The highest BCUT2D eigenvalue weighted by Gasteiger charge is 2.17. The molecule has 8 heteroatoms. The number of carbonyl (C=O) groups excluding carboxylic acids is 2. The van der Waals surface area contributed by atoms with Crippen LogP contribution in [0.1, 0.15) is 11.7 Å². The molecule has 122 valence electrons. The van der Waals surface area contributed by atoms with Crippen molar-refractivity contribution in [2.75, 3.05) is 19.0 Å². The largest absolute Gasteiger partial charge is 0.495 e. The molecule has 0 unspecified atom stereocenters. The number of rotatable bonds is 5. The van der Waals surface area contributed by atoms with Gasteiger partial charge in [0.15, 0.2) is 0 Å². The van der Waals surface area contributed by atoms with Crippen molar-refractivity contribution < 1.29 is 23.8 Å². The molecule has 0 radical (unpaired) electrons. The van der Waals surface area contributed by atoms with Gasteiger partial charge in [0.05, 0.1) is 30.8 Å². The molecule has 0 bridgehead atoms. The number of hydrogen-bond acceptors (Lipinski definition) is 5. The van der Waals surface area contributed by atoms with E-state index in [1.807, 2.05) is 0 Å². The fourth-order valence-electron chi connectivity index (χ4n) is 1.78. The first-order chi connectivity index (χ1) is 11.0. The van der Waals surface area contributed by atoms with Crippen molar-refractivity contribution in [3.63, 3.8) is 0 Å². The van der Waals surface area contributed by atoms with Crippen molar-refractivity contribution in [3.8, 4) is 5.75 Å². The minimum absolute atomic E-state index is 0.116. The first-order valence-electron chi connectivity index (χ1n) is 6.64. The van der Waals surface area contributed by atoms with E-state index in [0.717, 1.165) is 0 Å². The number of amides is 2. The molecule has 0 aliphatic rings. The van der Waals surface area contributed by atoms with Crippen molar-refractivity contribution >= 4 is 29.1 Å². The fourth-order valence-corrected chi connectivity index (χ4v) is 2.04. The van der Waals surface area contributed by atoms with E-state index in [1.54, 1.807) is 18.2 Å². The lowest BCUT2D eigenvalue weighted by molar-refractivity contribution is -0.136. The zero-order chi connectivity index (χ0) is 16.8. The number of carbonyl (C=O) groups is 2. The topological polar surface area (TPSA) is 101 Å². The Bertz CT molecular complexity index is 687. The molecule has 0 aliphatic carbocycles. The molecular formula is C15H15ClN2O5. The predicted molar refractivity (Wildman–Crippen MR) is 83.3 cm³/mol. The molecule has 2 amide bonds. The number of benzene rings is 1. The van der Waals surface area contributed by atoms with Crippen molar-refractivity contribution in [2.24, 2.45) is 0 Å². The Balaban J connectivity index is 1.87. The first kappa shape index (κ1) is 16.9. The van der Waals surface area contributed by atoms with Crippen LogP contribution in [0.15, 0.2) is 41.2 Å². The molecule has 1 aromatic heterocycles. The second-order valence-electron chi connectivity index (χ2n) is 4.59. The molecule has 7 nitrogen and oxygen atoms in total. The van der Waals surface area contributed by atoms with Crippen LogP contribution in [0.25, 0.3) is 0 Å². The average molecular weight is 339 g/mol. The molecule has 0 saturated heterocycles. The van der Waals surface area contributed by atoms with Crippen LogP contribution in [0, 0.1) is 0 Å². The summed E-state index contributed by atoms with van der Waals surface area (Å²) in [6.07, 6.45) is 1.80. The van der Waals surface area contributed by atoms with Gasteiger partial charge in [-0.2, -0.15) is 0 Å². The van der Waals surface area contributed by atoms with Gasteiger partial charge in [-0.1, -0.05) is 11.6 Å². The maximum absolute atomic E-state index is 11.8. The number of nitrogens with one attached hydrogen (secondary N) is 2. The molecule has 0 saturated carbocycles. The van der Waals surface area contributed by atoms with Crippen LogP contribution in [0.3, 0.4) is 0 Å². The Kier molecular flexibility index (Phi) is 5.61. The number of hydrogen-bond donors (Lipinski definition) is 3. The van der Waals surface area contributed by atoms with Crippen molar-refractivity contribution in [1.29, 1.82) is 0 Å². The Morgan fingerprint density at radius 2 is 2.13 bits per heavy atom. The number of aliphatic hydroxyl groups is 1. The average Bonchev–Trinajstić information content (AvgIpc) is 3.07. The molecule has 1 heterocycles. The summed E-state index contributed by atoms with van der Waals surface area (Å²) in [6.45, 7) is -0.116. The molecule has 0 fully saturated rings. The van der Waals surface area contributed by atoms with Crippen LogP contribution in [0.2, 0.25) is 5.02 Å². The van der Waals surface area contributed by atoms with Crippen LogP contribution in [0.4, 0.5) is 5.69 Å². The lowest BCUT2D eigenvalue weighted by atomic mass is 10.2. The van der Waals surface area contributed by atoms with Crippen LogP contribution in [-0.2, 0) is 9.59 Å². The van der Waals surface area contributed by atoms with Crippen molar-refractivity contribution in [1.82, 2.24) is 5.32 Å². The van der Waals surface area contributed by atoms with E-state index in [2.05, 4.69) is 10.6 Å². The monoisotopic (exact) mass is 338 g/mol. The summed E-state index contributed by atoms with van der Waals surface area (Å²) in [4.78, 5) is 23.5. The molecule has 3 N–H and O–H groups in total. The second kappa shape index (κ2) is 7.66. The standard InChI is InChI=1S/C15H15ClN2O5/c1-22-13-3-2-10(6-11(13)16)18-15(21)14(20)17-7-12(19)9-4-5-23-8-9/h2-6,8,12,19H,7H2,1H3,(H,17,20)(H,18,21)/t12-/m0/s1. The third kappa shape index (κ3) is 4.48. The van der Waals surface area contributed by atoms with Crippen molar-refractivity contribution in [2.45, 2.75) is 6.10 Å². The van der Waals surface area contributed by atoms with E-state index in [1.165, 1.54) is 25.7 Å². The molecule has 0 aliphatic heterocycles. The summed E-state index contributed by atoms with van der Waals surface area (Å²) in [5, 5.41) is 14.8. The Morgan fingerprint density at radius 1 is 1.35 bits per heavy atom. The minimum atomic E-state index is -0.957. The quantitative estimate of drug-likeness (QED) is 0.721. The van der Waals surface area contributed by atoms with E-state index in [0.29, 0.717) is 22.0 Å². The van der Waals surface area contributed by atoms with Gasteiger partial charge >= 0.3 is 11.8 Å². The van der Waals surface area contributed by atoms with Crippen molar-refractivity contribution in [3.05, 3.63) is 47.4 Å². The van der Waals surface area contributed by atoms with Crippen LogP contribution < -0.4 is 15.4 Å². The Labute approximate surface area is 137 Å². The van der Waals surface area contributed by atoms with Crippen LogP contribution >= 0.6 is 11.6 Å². The normalized spacial score (nSPS) is 11.6. The van der Waals surface area contributed by atoms with Crippen LogP contribution in [-0.4, -0.2) is 30.6 Å². The number of furan rings is 1. The van der Waals surface area contributed by atoms with Gasteiger partial charge in [-0.05, 0) is 24.3 Å². The minimum Gasteiger partial charge on any atom is -0.495 e. The third-order valence-corrected chi connectivity index (χ3v) is 3.30. The molecule has 0 spiro atoms. The van der Waals surface area contributed by atoms with Gasteiger partial charge in [0.2, 0.25) is 0 Å². The third-order valence-electron chi connectivity index (χ3n) is 3.00. The van der Waals surface area contributed by atoms with Gasteiger partial charge in [-0.15, -0.1) is 0 Å². The number of halogens is 1. The van der Waals surface area contributed by atoms with Gasteiger partial charge in [0.1, 0.15) is 5.75 Å².